The number of rotatable bonds is 9. The first-order valence-electron chi connectivity index (χ1n) is 8.47. The first kappa shape index (κ1) is 20.2. The minimum Gasteiger partial charge on any atom is -0.465 e. The van der Waals surface area contributed by atoms with Crippen LogP contribution in [0, 0.1) is 5.92 Å². The Kier molecular flexibility index (Phi) is 7.02. The molecule has 1 amide bonds. The molecule has 0 heterocycles. The molecule has 0 radical (unpaired) electrons. The Labute approximate surface area is 150 Å². The fraction of sp³-hybridized carbons (Fsp3) is 0.556. The number of carbonyl (C=O) groups is 2. The zero-order valence-corrected chi connectivity index (χ0v) is 14.6. The highest BCUT2D eigenvalue weighted by molar-refractivity contribution is 5.96. The summed E-state index contributed by atoms with van der Waals surface area (Å²) in [6, 6.07) is 6.14. The molecule has 1 aromatic rings. The maximum atomic E-state index is 12.6. The van der Waals surface area contributed by atoms with Crippen LogP contribution in [-0.2, 0) is 20.9 Å². The van der Waals surface area contributed by atoms with Gasteiger partial charge in [-0.3, -0.25) is 9.59 Å². The molecule has 0 bridgehead atoms. The molecule has 1 fully saturated rings. The molecule has 1 aliphatic carbocycles. The molecule has 0 unspecified atom stereocenters. The Morgan fingerprint density at radius 3 is 2.38 bits per heavy atom. The van der Waals surface area contributed by atoms with Gasteiger partial charge in [-0.05, 0) is 43.4 Å². The molecule has 26 heavy (non-hydrogen) atoms. The Morgan fingerprint density at radius 1 is 1.19 bits per heavy atom. The monoisotopic (exact) mass is 373 g/mol. The standard InChI is InChI=1S/C18H22F3NO4/c1-2-26-16(23)10-22(9-13-3-4-13)17(24)15-7-5-14(6-8-15)11-25-12-18(19,20)21/h5-8,13H,2-4,9-12H2,1H3. The number of carbonyl (C=O) groups excluding carboxylic acids is 2. The minimum absolute atomic E-state index is 0.111. The van der Waals surface area contributed by atoms with Crippen molar-refractivity contribution in [3.63, 3.8) is 0 Å². The summed E-state index contributed by atoms with van der Waals surface area (Å²) >= 11 is 0. The highest BCUT2D eigenvalue weighted by atomic mass is 19.4. The molecule has 5 nitrogen and oxygen atoms in total. The van der Waals surface area contributed by atoms with E-state index in [9.17, 15) is 22.8 Å². The molecule has 0 spiro atoms. The number of alkyl halides is 3. The van der Waals surface area contributed by atoms with Crippen molar-refractivity contribution >= 4 is 11.9 Å². The number of amides is 1. The molecular weight excluding hydrogens is 351 g/mol. The second-order valence-electron chi connectivity index (χ2n) is 6.24. The average molecular weight is 373 g/mol. The largest absolute Gasteiger partial charge is 0.465 e. The van der Waals surface area contributed by atoms with E-state index in [1.165, 1.54) is 17.0 Å². The van der Waals surface area contributed by atoms with Crippen LogP contribution in [0.3, 0.4) is 0 Å². The lowest BCUT2D eigenvalue weighted by Gasteiger charge is -2.21. The number of hydrogen-bond acceptors (Lipinski definition) is 4. The van der Waals surface area contributed by atoms with Crippen molar-refractivity contribution in [2.75, 3.05) is 26.3 Å². The fourth-order valence-corrected chi connectivity index (χ4v) is 2.40. The van der Waals surface area contributed by atoms with Gasteiger partial charge in [-0.25, -0.2) is 0 Å². The Morgan fingerprint density at radius 2 is 1.85 bits per heavy atom. The van der Waals surface area contributed by atoms with Crippen LogP contribution in [0.2, 0.25) is 0 Å². The van der Waals surface area contributed by atoms with Gasteiger partial charge in [0.15, 0.2) is 0 Å². The van der Waals surface area contributed by atoms with Crippen LogP contribution >= 0.6 is 0 Å². The summed E-state index contributed by atoms with van der Waals surface area (Å²) in [6.07, 6.45) is -2.31. The quantitative estimate of drug-likeness (QED) is 0.624. The molecule has 0 aliphatic heterocycles. The lowest BCUT2D eigenvalue weighted by atomic mass is 10.1. The molecule has 0 aromatic heterocycles. The number of halogens is 3. The van der Waals surface area contributed by atoms with Gasteiger partial charge >= 0.3 is 12.1 Å². The van der Waals surface area contributed by atoms with Gasteiger partial charge in [0.05, 0.1) is 13.2 Å². The van der Waals surface area contributed by atoms with Crippen LogP contribution in [0.5, 0.6) is 0 Å². The summed E-state index contributed by atoms with van der Waals surface area (Å²) in [5.41, 5.74) is 0.902. The van der Waals surface area contributed by atoms with Gasteiger partial charge in [-0.1, -0.05) is 12.1 Å². The Balaban J connectivity index is 1.95. The van der Waals surface area contributed by atoms with E-state index in [0.717, 1.165) is 12.8 Å². The predicted molar refractivity (Wildman–Crippen MR) is 87.4 cm³/mol. The molecule has 0 saturated heterocycles. The summed E-state index contributed by atoms with van der Waals surface area (Å²) in [5.74, 6) is -0.352. The summed E-state index contributed by atoms with van der Waals surface area (Å²) in [7, 11) is 0. The van der Waals surface area contributed by atoms with Gasteiger partial charge in [0.2, 0.25) is 0 Å². The van der Waals surface area contributed by atoms with Crippen LogP contribution in [0.1, 0.15) is 35.7 Å². The molecule has 1 aliphatic rings. The van der Waals surface area contributed by atoms with Crippen molar-refractivity contribution in [1.82, 2.24) is 4.90 Å². The average Bonchev–Trinajstić information content (AvgIpc) is 3.37. The van der Waals surface area contributed by atoms with Crippen molar-refractivity contribution in [3.05, 3.63) is 35.4 Å². The van der Waals surface area contributed by atoms with Crippen LogP contribution in [0.25, 0.3) is 0 Å². The third-order valence-electron chi connectivity index (χ3n) is 3.82. The van der Waals surface area contributed by atoms with Crippen LogP contribution in [0.15, 0.2) is 24.3 Å². The highest BCUT2D eigenvalue weighted by Crippen LogP contribution is 2.30. The summed E-state index contributed by atoms with van der Waals surface area (Å²) in [4.78, 5) is 25.8. The summed E-state index contributed by atoms with van der Waals surface area (Å²) < 4.78 is 45.7. The van der Waals surface area contributed by atoms with Crippen LogP contribution in [0.4, 0.5) is 13.2 Å². The fourth-order valence-electron chi connectivity index (χ4n) is 2.40. The van der Waals surface area contributed by atoms with Crippen molar-refractivity contribution in [2.45, 2.75) is 32.5 Å². The zero-order valence-electron chi connectivity index (χ0n) is 14.6. The van der Waals surface area contributed by atoms with Gasteiger partial charge in [0.1, 0.15) is 13.2 Å². The molecule has 0 atom stereocenters. The summed E-state index contributed by atoms with van der Waals surface area (Å²) in [6.45, 7) is 0.820. The number of nitrogens with zero attached hydrogens (tertiary/aromatic N) is 1. The number of hydrogen-bond donors (Lipinski definition) is 0. The molecule has 1 saturated carbocycles. The van der Waals surface area contributed by atoms with E-state index in [-0.39, 0.29) is 25.7 Å². The lowest BCUT2D eigenvalue weighted by molar-refractivity contribution is -0.176. The third kappa shape index (κ3) is 7.03. The zero-order chi connectivity index (χ0) is 19.2. The van der Waals surface area contributed by atoms with Gasteiger partial charge in [0, 0.05) is 12.1 Å². The first-order valence-corrected chi connectivity index (χ1v) is 8.47. The van der Waals surface area contributed by atoms with Gasteiger partial charge in [-0.15, -0.1) is 0 Å². The Hall–Kier alpha value is -2.09. The maximum Gasteiger partial charge on any atom is 0.411 e. The minimum atomic E-state index is -4.37. The Bertz CT molecular complexity index is 612. The van der Waals surface area contributed by atoms with E-state index in [2.05, 4.69) is 4.74 Å². The molecule has 0 N–H and O–H groups in total. The van der Waals surface area contributed by atoms with Crippen LogP contribution in [-0.4, -0.2) is 49.3 Å². The number of benzene rings is 1. The lowest BCUT2D eigenvalue weighted by Crippen LogP contribution is -2.38. The highest BCUT2D eigenvalue weighted by Gasteiger charge is 2.29. The smallest absolute Gasteiger partial charge is 0.411 e. The second kappa shape index (κ2) is 9.02. The molecule has 2 rings (SSSR count). The van der Waals surface area contributed by atoms with Crippen molar-refractivity contribution < 1.29 is 32.2 Å². The topological polar surface area (TPSA) is 55.8 Å². The number of ether oxygens (including phenoxy) is 2. The third-order valence-corrected chi connectivity index (χ3v) is 3.82. The molecule has 1 aromatic carbocycles. The van der Waals surface area contributed by atoms with Gasteiger partial charge in [-0.2, -0.15) is 13.2 Å². The normalized spacial score (nSPS) is 14.2. The van der Waals surface area contributed by atoms with E-state index in [1.807, 2.05) is 0 Å². The van der Waals surface area contributed by atoms with E-state index in [4.69, 9.17) is 4.74 Å². The molecule has 8 heteroatoms. The summed E-state index contributed by atoms with van der Waals surface area (Å²) in [5, 5.41) is 0. The van der Waals surface area contributed by atoms with Crippen LogP contribution < -0.4 is 0 Å². The van der Waals surface area contributed by atoms with E-state index >= 15 is 0 Å². The second-order valence-corrected chi connectivity index (χ2v) is 6.24. The van der Waals surface area contributed by atoms with Crippen molar-refractivity contribution in [1.29, 1.82) is 0 Å². The van der Waals surface area contributed by atoms with Gasteiger partial charge < -0.3 is 14.4 Å². The van der Waals surface area contributed by atoms with E-state index in [0.29, 0.717) is 23.6 Å². The maximum absolute atomic E-state index is 12.6. The van der Waals surface area contributed by atoms with Gasteiger partial charge in [0.25, 0.3) is 5.91 Å². The molecule has 144 valence electrons. The van der Waals surface area contributed by atoms with Crippen molar-refractivity contribution in [3.8, 4) is 0 Å². The van der Waals surface area contributed by atoms with Crippen molar-refractivity contribution in [2.24, 2.45) is 5.92 Å². The number of esters is 1. The predicted octanol–water partition coefficient (Wildman–Crippen LogP) is 3.18. The molecular formula is C18H22F3NO4. The van der Waals surface area contributed by atoms with E-state index in [1.54, 1.807) is 19.1 Å². The van der Waals surface area contributed by atoms with E-state index < -0.39 is 18.8 Å². The SMILES string of the molecule is CCOC(=O)CN(CC1CC1)C(=O)c1ccc(COCC(F)(F)F)cc1. The first-order chi connectivity index (χ1) is 12.3.